The molecule has 0 spiro atoms. The van der Waals surface area contributed by atoms with Gasteiger partial charge in [-0.1, -0.05) is 25.1 Å². The van der Waals surface area contributed by atoms with E-state index in [1.807, 2.05) is 24.4 Å². The standard InChI is InChI=1S/C20H22N6O2S/c1-14(9-26-13-21-12-22-26)19(27)24-20-23-17(11-29-20)16-10-25(7-8-28-2)18-6-4-3-5-15(16)18/h3-6,10-14H,7-9H2,1-2H3,(H,23,24,27). The Morgan fingerprint density at radius 3 is 3.00 bits per heavy atom. The van der Waals surface area contributed by atoms with Gasteiger partial charge in [0, 0.05) is 41.7 Å². The summed E-state index contributed by atoms with van der Waals surface area (Å²) < 4.78 is 9.04. The highest BCUT2D eigenvalue weighted by Crippen LogP contribution is 2.32. The number of rotatable bonds is 8. The number of ether oxygens (including phenoxy) is 1. The van der Waals surface area contributed by atoms with Crippen molar-refractivity contribution < 1.29 is 9.53 Å². The van der Waals surface area contributed by atoms with Crippen LogP contribution < -0.4 is 5.32 Å². The molecule has 3 aromatic heterocycles. The molecule has 1 amide bonds. The number of aromatic nitrogens is 5. The highest BCUT2D eigenvalue weighted by Gasteiger charge is 2.17. The van der Waals surface area contributed by atoms with Gasteiger partial charge in [0.1, 0.15) is 12.7 Å². The fraction of sp³-hybridized carbons (Fsp3) is 0.300. The third kappa shape index (κ3) is 4.20. The van der Waals surface area contributed by atoms with Crippen LogP contribution in [0.3, 0.4) is 0 Å². The number of hydrogen-bond donors (Lipinski definition) is 1. The molecule has 3 heterocycles. The largest absolute Gasteiger partial charge is 0.383 e. The Hall–Kier alpha value is -3.04. The smallest absolute Gasteiger partial charge is 0.230 e. The van der Waals surface area contributed by atoms with Gasteiger partial charge in [0.25, 0.3) is 0 Å². The second kappa shape index (κ2) is 8.54. The minimum atomic E-state index is -0.250. The van der Waals surface area contributed by atoms with Crippen molar-refractivity contribution in [2.24, 2.45) is 5.92 Å². The molecule has 0 radical (unpaired) electrons. The average Bonchev–Trinajstić information content (AvgIpc) is 3.46. The monoisotopic (exact) mass is 410 g/mol. The lowest BCUT2D eigenvalue weighted by Crippen LogP contribution is -2.24. The topological polar surface area (TPSA) is 86.9 Å². The van der Waals surface area contributed by atoms with Crippen LogP contribution in [0.2, 0.25) is 0 Å². The van der Waals surface area contributed by atoms with Crippen LogP contribution in [0.15, 0.2) is 48.5 Å². The van der Waals surface area contributed by atoms with E-state index in [0.717, 1.165) is 28.7 Å². The summed E-state index contributed by atoms with van der Waals surface area (Å²) in [6, 6.07) is 8.23. The molecular formula is C20H22N6O2S. The van der Waals surface area contributed by atoms with Crippen LogP contribution in [0.4, 0.5) is 5.13 Å². The fourth-order valence-electron chi connectivity index (χ4n) is 3.20. The van der Waals surface area contributed by atoms with Gasteiger partial charge in [-0.25, -0.2) is 9.97 Å². The summed E-state index contributed by atoms with van der Waals surface area (Å²) in [4.78, 5) is 21.0. The van der Waals surface area contributed by atoms with Crippen molar-refractivity contribution in [2.75, 3.05) is 19.0 Å². The van der Waals surface area contributed by atoms with Crippen molar-refractivity contribution in [3.63, 3.8) is 0 Å². The number of nitrogens with one attached hydrogen (secondary N) is 1. The molecule has 0 aliphatic rings. The summed E-state index contributed by atoms with van der Waals surface area (Å²) in [5, 5.41) is 10.6. The fourth-order valence-corrected chi connectivity index (χ4v) is 3.91. The molecule has 0 bridgehead atoms. The number of carbonyl (C=O) groups is 1. The molecule has 1 unspecified atom stereocenters. The summed E-state index contributed by atoms with van der Waals surface area (Å²) in [5.74, 6) is -0.344. The number of amides is 1. The number of fused-ring (bicyclic) bond motifs is 1. The zero-order chi connectivity index (χ0) is 20.2. The molecule has 1 aromatic carbocycles. The van der Waals surface area contributed by atoms with Crippen molar-refractivity contribution in [3.8, 4) is 11.3 Å². The van der Waals surface area contributed by atoms with E-state index in [1.54, 1.807) is 18.1 Å². The maximum absolute atomic E-state index is 12.5. The first-order valence-corrected chi connectivity index (χ1v) is 10.2. The quantitative estimate of drug-likeness (QED) is 0.482. The number of carbonyl (C=O) groups excluding carboxylic acids is 1. The second-order valence-corrected chi connectivity index (χ2v) is 7.65. The summed E-state index contributed by atoms with van der Waals surface area (Å²) in [7, 11) is 1.70. The van der Waals surface area contributed by atoms with Crippen molar-refractivity contribution >= 4 is 33.3 Å². The van der Waals surface area contributed by atoms with Crippen LogP contribution in [0.1, 0.15) is 6.92 Å². The van der Waals surface area contributed by atoms with Gasteiger partial charge in [0.2, 0.25) is 5.91 Å². The van der Waals surface area contributed by atoms with Gasteiger partial charge < -0.3 is 14.6 Å². The van der Waals surface area contributed by atoms with Crippen molar-refractivity contribution in [2.45, 2.75) is 20.0 Å². The molecule has 0 saturated heterocycles. The van der Waals surface area contributed by atoms with Crippen LogP contribution in [-0.2, 0) is 22.6 Å². The number of hydrogen-bond acceptors (Lipinski definition) is 6. The van der Waals surface area contributed by atoms with Gasteiger partial charge in [-0.3, -0.25) is 9.48 Å². The van der Waals surface area contributed by atoms with E-state index >= 15 is 0 Å². The normalized spacial score (nSPS) is 12.3. The number of thiazole rings is 1. The van der Waals surface area contributed by atoms with E-state index in [0.29, 0.717) is 18.3 Å². The Morgan fingerprint density at radius 2 is 2.21 bits per heavy atom. The van der Waals surface area contributed by atoms with E-state index < -0.39 is 0 Å². The molecule has 0 aliphatic carbocycles. The highest BCUT2D eigenvalue weighted by molar-refractivity contribution is 7.14. The van der Waals surface area contributed by atoms with Crippen LogP contribution >= 0.6 is 11.3 Å². The highest BCUT2D eigenvalue weighted by atomic mass is 32.1. The second-order valence-electron chi connectivity index (χ2n) is 6.79. The van der Waals surface area contributed by atoms with E-state index in [9.17, 15) is 4.79 Å². The van der Waals surface area contributed by atoms with Crippen molar-refractivity contribution in [1.29, 1.82) is 0 Å². The van der Waals surface area contributed by atoms with Gasteiger partial charge in [0.05, 0.1) is 24.8 Å². The number of nitrogens with zero attached hydrogens (tertiary/aromatic N) is 5. The van der Waals surface area contributed by atoms with Gasteiger partial charge in [0.15, 0.2) is 5.13 Å². The summed E-state index contributed by atoms with van der Waals surface area (Å²) in [5.41, 5.74) is 3.03. The third-order valence-corrected chi connectivity index (χ3v) is 5.47. The Balaban J connectivity index is 1.52. The van der Waals surface area contributed by atoms with Crippen molar-refractivity contribution in [1.82, 2.24) is 24.3 Å². The molecule has 4 rings (SSSR count). The van der Waals surface area contributed by atoms with Gasteiger partial charge in [-0.2, -0.15) is 5.10 Å². The lowest BCUT2D eigenvalue weighted by Gasteiger charge is -2.10. The average molecular weight is 411 g/mol. The molecule has 29 heavy (non-hydrogen) atoms. The first kappa shape index (κ1) is 19.3. The summed E-state index contributed by atoms with van der Waals surface area (Å²) >= 11 is 1.42. The predicted molar refractivity (Wildman–Crippen MR) is 113 cm³/mol. The molecule has 8 nitrogen and oxygen atoms in total. The van der Waals surface area contributed by atoms with Crippen LogP contribution in [-0.4, -0.2) is 43.9 Å². The number of para-hydroxylation sites is 1. The summed E-state index contributed by atoms with van der Waals surface area (Å²) in [6.45, 7) is 3.73. The lowest BCUT2D eigenvalue weighted by molar-refractivity contribution is -0.119. The number of methoxy groups -OCH3 is 1. The maximum atomic E-state index is 12.5. The van der Waals surface area contributed by atoms with Gasteiger partial charge in [-0.15, -0.1) is 11.3 Å². The molecule has 150 valence electrons. The Bertz CT molecular complexity index is 1100. The van der Waals surface area contributed by atoms with Gasteiger partial charge in [-0.05, 0) is 6.07 Å². The van der Waals surface area contributed by atoms with Crippen LogP contribution in [0, 0.1) is 5.92 Å². The first-order valence-electron chi connectivity index (χ1n) is 9.31. The molecule has 0 fully saturated rings. The zero-order valence-electron chi connectivity index (χ0n) is 16.3. The zero-order valence-corrected chi connectivity index (χ0v) is 17.1. The molecule has 0 aliphatic heterocycles. The van der Waals surface area contributed by atoms with Crippen LogP contribution in [0.5, 0.6) is 0 Å². The van der Waals surface area contributed by atoms with Crippen LogP contribution in [0.25, 0.3) is 22.2 Å². The SMILES string of the molecule is COCCn1cc(-c2csc(NC(=O)C(C)Cn3cncn3)n2)c2ccccc21. The Morgan fingerprint density at radius 1 is 1.34 bits per heavy atom. The molecule has 9 heteroatoms. The molecule has 0 saturated carbocycles. The van der Waals surface area contributed by atoms with E-state index in [-0.39, 0.29) is 11.8 Å². The molecule has 1 atom stereocenters. The minimum absolute atomic E-state index is 0.0936. The number of benzene rings is 1. The lowest BCUT2D eigenvalue weighted by atomic mass is 10.1. The van der Waals surface area contributed by atoms with E-state index in [1.165, 1.54) is 17.7 Å². The van der Waals surface area contributed by atoms with E-state index in [4.69, 9.17) is 4.74 Å². The Kier molecular flexibility index (Phi) is 5.68. The Labute approximate surface area is 172 Å². The van der Waals surface area contributed by atoms with E-state index in [2.05, 4.69) is 43.3 Å². The first-order chi connectivity index (χ1) is 14.2. The molecule has 1 N–H and O–H groups in total. The number of anilines is 1. The maximum Gasteiger partial charge on any atom is 0.230 e. The summed E-state index contributed by atoms with van der Waals surface area (Å²) in [6.07, 6.45) is 5.16. The molecular weight excluding hydrogens is 388 g/mol. The third-order valence-electron chi connectivity index (χ3n) is 4.71. The predicted octanol–water partition coefficient (Wildman–Crippen LogP) is 3.28. The minimum Gasteiger partial charge on any atom is -0.383 e. The van der Waals surface area contributed by atoms with Crippen molar-refractivity contribution in [3.05, 3.63) is 48.5 Å². The molecule has 4 aromatic rings. The van der Waals surface area contributed by atoms with Gasteiger partial charge >= 0.3 is 0 Å².